The maximum atomic E-state index is 12.1. The fourth-order valence-electron chi connectivity index (χ4n) is 3.71. The quantitative estimate of drug-likeness (QED) is 0.0913. The Balaban J connectivity index is 1.66. The summed E-state index contributed by atoms with van der Waals surface area (Å²) in [6, 6.07) is 16.8. The van der Waals surface area contributed by atoms with Crippen LogP contribution in [0.4, 0.5) is 22.7 Å². The molecular formula is C28H24N4O8S2. The van der Waals surface area contributed by atoms with Crippen LogP contribution in [0.25, 0.3) is 12.2 Å². The van der Waals surface area contributed by atoms with E-state index in [2.05, 4.69) is 20.5 Å². The lowest BCUT2D eigenvalue weighted by Crippen LogP contribution is -2.01. The van der Waals surface area contributed by atoms with Gasteiger partial charge in [-0.25, -0.2) is 0 Å². The summed E-state index contributed by atoms with van der Waals surface area (Å²) in [5, 5.41) is 35.3. The van der Waals surface area contributed by atoms with Crippen molar-refractivity contribution in [3.8, 4) is 11.5 Å². The number of rotatable bonds is 8. The van der Waals surface area contributed by atoms with E-state index in [1.165, 1.54) is 60.7 Å². The molecule has 4 rings (SSSR count). The molecule has 4 aromatic rings. The molecule has 0 fully saturated rings. The number of phenols is 2. The number of hydrogen-bond acceptors (Lipinski definition) is 10. The lowest BCUT2D eigenvalue weighted by atomic mass is 10.1. The Labute approximate surface area is 241 Å². The van der Waals surface area contributed by atoms with Crippen molar-refractivity contribution in [2.75, 3.05) is 0 Å². The van der Waals surface area contributed by atoms with E-state index in [9.17, 15) is 36.2 Å². The highest BCUT2D eigenvalue weighted by Gasteiger charge is 2.17. The van der Waals surface area contributed by atoms with E-state index in [0.717, 1.165) is 12.1 Å². The molecule has 0 bridgehead atoms. The van der Waals surface area contributed by atoms with Crippen molar-refractivity contribution < 1.29 is 36.2 Å². The van der Waals surface area contributed by atoms with Crippen molar-refractivity contribution in [2.24, 2.45) is 20.5 Å². The van der Waals surface area contributed by atoms with Crippen molar-refractivity contribution in [3.05, 3.63) is 95.1 Å². The van der Waals surface area contributed by atoms with Gasteiger partial charge in [0.2, 0.25) is 0 Å². The van der Waals surface area contributed by atoms with Crippen LogP contribution in [0.1, 0.15) is 22.3 Å². The van der Waals surface area contributed by atoms with Crippen molar-refractivity contribution in [1.82, 2.24) is 0 Å². The van der Waals surface area contributed by atoms with Crippen LogP contribution in [-0.4, -0.2) is 36.2 Å². The number of azo groups is 2. The van der Waals surface area contributed by atoms with Gasteiger partial charge in [0.1, 0.15) is 21.3 Å². The topological polar surface area (TPSA) is 199 Å². The second-order valence-corrected chi connectivity index (χ2v) is 11.8. The van der Waals surface area contributed by atoms with Gasteiger partial charge in [0.15, 0.2) is 0 Å². The molecule has 12 nitrogen and oxygen atoms in total. The number of hydrogen-bond donors (Lipinski definition) is 4. The van der Waals surface area contributed by atoms with Crippen LogP contribution in [0.5, 0.6) is 11.5 Å². The van der Waals surface area contributed by atoms with Crippen molar-refractivity contribution in [2.45, 2.75) is 23.6 Å². The van der Waals surface area contributed by atoms with E-state index in [1.54, 1.807) is 26.0 Å². The molecule has 0 unspecified atom stereocenters. The molecule has 0 radical (unpaired) electrons. The van der Waals surface area contributed by atoms with Crippen LogP contribution in [0.2, 0.25) is 0 Å². The average Bonchev–Trinajstić information content (AvgIpc) is 2.92. The molecule has 0 aromatic heterocycles. The van der Waals surface area contributed by atoms with Crippen molar-refractivity contribution in [1.29, 1.82) is 0 Å². The van der Waals surface area contributed by atoms with Crippen LogP contribution in [-0.2, 0) is 20.2 Å². The van der Waals surface area contributed by atoms with Gasteiger partial charge in [-0.15, -0.1) is 0 Å². The molecule has 4 N–H and O–H groups in total. The lowest BCUT2D eigenvalue weighted by molar-refractivity contribution is 0.470. The zero-order chi connectivity index (χ0) is 30.7. The Bertz CT molecular complexity index is 1840. The highest BCUT2D eigenvalue weighted by atomic mass is 32.2. The zero-order valence-corrected chi connectivity index (χ0v) is 23.7. The summed E-state index contributed by atoms with van der Waals surface area (Å²) in [7, 11) is -9.47. The largest absolute Gasteiger partial charge is 0.508 e. The standard InChI is InChI=1S/C28H24N4O8S2/c1-17-13-21(9-11-25(17)33)29-31-23-7-5-19(27(15-23)41(35,36)37)3-4-20-6-8-24(16-28(20)42(38,39)40)32-30-22-10-12-26(34)18(2)14-22/h3-16,33-34H,1-2H3,(H,35,36,37)(H,38,39,40)/b4-3+,31-29?,32-30?. The van der Waals surface area contributed by atoms with Gasteiger partial charge in [0, 0.05) is 0 Å². The summed E-state index contributed by atoms with van der Waals surface area (Å²) in [4.78, 5) is -1.03. The van der Waals surface area contributed by atoms with Gasteiger partial charge in [-0.1, -0.05) is 24.3 Å². The first kappa shape index (κ1) is 30.2. The second-order valence-electron chi connectivity index (χ2n) is 9.07. The molecule has 4 aromatic carbocycles. The molecule has 0 saturated carbocycles. The number of benzene rings is 4. The van der Waals surface area contributed by atoms with E-state index >= 15 is 0 Å². The van der Waals surface area contributed by atoms with Gasteiger partial charge < -0.3 is 10.2 Å². The summed E-state index contributed by atoms with van der Waals surface area (Å²) < 4.78 is 68.1. The van der Waals surface area contributed by atoms with Gasteiger partial charge in [-0.2, -0.15) is 37.3 Å². The van der Waals surface area contributed by atoms with Crippen molar-refractivity contribution in [3.63, 3.8) is 0 Å². The summed E-state index contributed by atoms with van der Waals surface area (Å²) in [6.45, 7) is 3.35. The summed E-state index contributed by atoms with van der Waals surface area (Å²) in [5.74, 6) is 0.165. The Morgan fingerprint density at radius 3 is 1.14 bits per heavy atom. The van der Waals surface area contributed by atoms with Crippen LogP contribution in [0.3, 0.4) is 0 Å². The molecule has 42 heavy (non-hydrogen) atoms. The Kier molecular flexibility index (Phi) is 8.63. The predicted molar refractivity (Wildman–Crippen MR) is 155 cm³/mol. The Morgan fingerprint density at radius 1 is 0.524 bits per heavy atom. The van der Waals surface area contributed by atoms with E-state index in [1.807, 2.05) is 0 Å². The molecule has 0 aliphatic heterocycles. The van der Waals surface area contributed by atoms with Crippen molar-refractivity contribution >= 4 is 55.1 Å². The number of phenolic OH excluding ortho intramolecular Hbond substituents is 2. The van der Waals surface area contributed by atoms with Gasteiger partial charge >= 0.3 is 0 Å². The van der Waals surface area contributed by atoms with Gasteiger partial charge in [-0.3, -0.25) is 9.11 Å². The molecule has 14 heteroatoms. The lowest BCUT2D eigenvalue weighted by Gasteiger charge is -2.06. The van der Waals surface area contributed by atoms with Gasteiger partial charge in [0.25, 0.3) is 20.2 Å². The van der Waals surface area contributed by atoms with E-state index in [0.29, 0.717) is 22.5 Å². The van der Waals surface area contributed by atoms with Crippen LogP contribution in [0.15, 0.2) is 103 Å². The summed E-state index contributed by atoms with van der Waals surface area (Å²) >= 11 is 0. The van der Waals surface area contributed by atoms with Crippen LogP contribution >= 0.6 is 0 Å². The Morgan fingerprint density at radius 2 is 0.833 bits per heavy atom. The molecular weight excluding hydrogens is 584 g/mol. The highest BCUT2D eigenvalue weighted by molar-refractivity contribution is 7.86. The zero-order valence-electron chi connectivity index (χ0n) is 22.1. The second kappa shape index (κ2) is 12.0. The van der Waals surface area contributed by atoms with Gasteiger partial charge in [0.05, 0.1) is 22.7 Å². The molecule has 0 aliphatic rings. The minimum absolute atomic E-state index is 0.00433. The third-order valence-corrected chi connectivity index (χ3v) is 7.73. The molecule has 0 heterocycles. The summed E-state index contributed by atoms with van der Waals surface area (Å²) in [5.41, 5.74) is 2.15. The smallest absolute Gasteiger partial charge is 0.295 e. The third-order valence-electron chi connectivity index (χ3n) is 5.92. The molecule has 216 valence electrons. The molecule has 0 aliphatic carbocycles. The van der Waals surface area contributed by atoms with Crippen LogP contribution < -0.4 is 0 Å². The molecule has 0 saturated heterocycles. The first-order valence-electron chi connectivity index (χ1n) is 12.0. The van der Waals surface area contributed by atoms with E-state index in [-0.39, 0.29) is 34.0 Å². The fourth-order valence-corrected chi connectivity index (χ4v) is 5.11. The first-order valence-corrected chi connectivity index (χ1v) is 14.9. The monoisotopic (exact) mass is 608 g/mol. The molecule has 0 spiro atoms. The maximum absolute atomic E-state index is 12.1. The minimum Gasteiger partial charge on any atom is -0.508 e. The number of nitrogens with zero attached hydrogens (tertiary/aromatic N) is 4. The predicted octanol–water partition coefficient (Wildman–Crippen LogP) is 7.21. The number of aryl methyl sites for hydroxylation is 2. The first-order chi connectivity index (χ1) is 19.7. The molecule has 0 amide bonds. The maximum Gasteiger partial charge on any atom is 0.295 e. The number of aromatic hydroxyl groups is 2. The van der Waals surface area contributed by atoms with E-state index < -0.39 is 30.0 Å². The average molecular weight is 609 g/mol. The fraction of sp³-hybridized carbons (Fsp3) is 0.0714. The SMILES string of the molecule is Cc1cc(N=Nc2ccc(/C=C/c3ccc(N=Nc4ccc(O)c(C)c4)cc3S(=O)(=O)O)c(S(=O)(=O)O)c2)ccc1O. The van der Waals surface area contributed by atoms with Gasteiger partial charge in [-0.05, 0) is 96.8 Å². The normalized spacial score (nSPS) is 12.6. The van der Waals surface area contributed by atoms with E-state index in [4.69, 9.17) is 0 Å². The van der Waals surface area contributed by atoms with Crippen LogP contribution in [0, 0.1) is 13.8 Å². The third kappa shape index (κ3) is 7.50. The summed E-state index contributed by atoms with van der Waals surface area (Å²) in [6.07, 6.45) is 2.50. The minimum atomic E-state index is -4.74. The molecule has 0 atom stereocenters. The Hall–Kier alpha value is -4.76. The highest BCUT2D eigenvalue weighted by Crippen LogP contribution is 2.30.